The Morgan fingerprint density at radius 3 is 2.72 bits per heavy atom. The Kier molecular flexibility index (Phi) is 6.32. The number of halogens is 2. The molecule has 0 radical (unpaired) electrons. The van der Waals surface area contributed by atoms with E-state index < -0.39 is 10.8 Å². The molecule has 0 saturated heterocycles. The second-order valence-electron chi connectivity index (χ2n) is 4.90. The van der Waals surface area contributed by atoms with Crippen molar-refractivity contribution in [2.75, 3.05) is 6.61 Å². The molecule has 0 atom stereocenters. The summed E-state index contributed by atoms with van der Waals surface area (Å²) in [6.07, 6.45) is 0. The van der Waals surface area contributed by atoms with E-state index in [-0.39, 0.29) is 17.3 Å². The number of nitrogens with one attached hydrogen (secondary N) is 1. The topological polar surface area (TPSA) is 93.8 Å². The minimum atomic E-state index is -0.504. The summed E-state index contributed by atoms with van der Waals surface area (Å²) in [6.45, 7) is 1.32. The van der Waals surface area contributed by atoms with Gasteiger partial charge in [-0.25, -0.2) is 5.43 Å². The van der Waals surface area contributed by atoms with Crippen LogP contribution < -0.4 is 10.2 Å². The molecule has 130 valence electrons. The molecule has 7 nitrogen and oxygen atoms in total. The molecule has 2 aromatic carbocycles. The van der Waals surface area contributed by atoms with Crippen LogP contribution in [0.4, 0.5) is 5.69 Å². The third-order valence-corrected chi connectivity index (χ3v) is 3.61. The van der Waals surface area contributed by atoms with Crippen LogP contribution in [0.2, 0.25) is 10.0 Å². The normalized spacial score (nSPS) is 11.1. The van der Waals surface area contributed by atoms with E-state index in [4.69, 9.17) is 27.9 Å². The summed E-state index contributed by atoms with van der Waals surface area (Å²) in [5.74, 6) is -0.184. The Morgan fingerprint density at radius 2 is 2.04 bits per heavy atom. The summed E-state index contributed by atoms with van der Waals surface area (Å²) < 4.78 is 5.28. The Balaban J connectivity index is 1.95. The van der Waals surface area contributed by atoms with E-state index in [0.29, 0.717) is 22.0 Å². The summed E-state index contributed by atoms with van der Waals surface area (Å²) in [7, 11) is 0. The van der Waals surface area contributed by atoms with Crippen LogP contribution >= 0.6 is 23.2 Å². The van der Waals surface area contributed by atoms with Crippen molar-refractivity contribution in [1.29, 1.82) is 0 Å². The highest BCUT2D eigenvalue weighted by molar-refractivity contribution is 6.35. The zero-order chi connectivity index (χ0) is 18.4. The zero-order valence-electron chi connectivity index (χ0n) is 13.0. The van der Waals surface area contributed by atoms with E-state index in [1.54, 1.807) is 31.2 Å². The van der Waals surface area contributed by atoms with Gasteiger partial charge in [-0.15, -0.1) is 0 Å². The Hall–Kier alpha value is -2.64. The summed E-state index contributed by atoms with van der Waals surface area (Å²) in [5, 5.41) is 15.4. The van der Waals surface area contributed by atoms with Crippen LogP contribution in [-0.2, 0) is 4.79 Å². The number of nitrogens with zero attached hydrogens (tertiary/aromatic N) is 2. The first-order valence-corrected chi connectivity index (χ1v) is 7.78. The number of carbonyl (C=O) groups is 1. The van der Waals surface area contributed by atoms with E-state index in [1.807, 2.05) is 0 Å². The molecule has 0 fully saturated rings. The monoisotopic (exact) mass is 381 g/mol. The molecular formula is C16H13Cl2N3O4. The number of nitro groups is 1. The molecular weight excluding hydrogens is 369 g/mol. The third kappa shape index (κ3) is 5.44. The lowest BCUT2D eigenvalue weighted by molar-refractivity contribution is -0.384. The molecule has 0 aromatic heterocycles. The molecule has 0 spiro atoms. The first-order chi connectivity index (χ1) is 11.9. The van der Waals surface area contributed by atoms with Crippen molar-refractivity contribution in [2.45, 2.75) is 6.92 Å². The number of hydrogen-bond acceptors (Lipinski definition) is 5. The minimum absolute atomic E-state index is 0.0564. The first-order valence-electron chi connectivity index (χ1n) is 7.02. The second-order valence-corrected chi connectivity index (χ2v) is 5.75. The van der Waals surface area contributed by atoms with Crippen molar-refractivity contribution in [3.8, 4) is 5.75 Å². The van der Waals surface area contributed by atoms with Gasteiger partial charge in [0.15, 0.2) is 6.61 Å². The third-order valence-electron chi connectivity index (χ3n) is 3.08. The van der Waals surface area contributed by atoms with Gasteiger partial charge in [0.25, 0.3) is 11.6 Å². The molecule has 2 aromatic rings. The Morgan fingerprint density at radius 1 is 1.28 bits per heavy atom. The van der Waals surface area contributed by atoms with E-state index in [1.165, 1.54) is 18.2 Å². The molecule has 0 aliphatic rings. The predicted octanol–water partition coefficient (Wildman–Crippen LogP) is 3.82. The highest BCUT2D eigenvalue weighted by Crippen LogP contribution is 2.27. The number of carbonyl (C=O) groups excluding carboxylic acids is 1. The van der Waals surface area contributed by atoms with Gasteiger partial charge in [-0.1, -0.05) is 35.3 Å². The van der Waals surface area contributed by atoms with Gasteiger partial charge in [-0.3, -0.25) is 14.9 Å². The van der Waals surface area contributed by atoms with Gasteiger partial charge in [0.2, 0.25) is 0 Å². The second kappa shape index (κ2) is 8.46. The van der Waals surface area contributed by atoms with Gasteiger partial charge >= 0.3 is 0 Å². The molecule has 1 N–H and O–H groups in total. The zero-order valence-corrected chi connectivity index (χ0v) is 14.5. The fourth-order valence-corrected chi connectivity index (χ4v) is 2.29. The van der Waals surface area contributed by atoms with Crippen molar-refractivity contribution in [3.05, 3.63) is 68.2 Å². The lowest BCUT2D eigenvalue weighted by atomic mass is 10.1. The summed E-state index contributed by atoms with van der Waals surface area (Å²) in [4.78, 5) is 22.1. The summed E-state index contributed by atoms with van der Waals surface area (Å²) in [6, 6.07) is 10.6. The molecule has 0 heterocycles. The largest absolute Gasteiger partial charge is 0.482 e. The average Bonchev–Trinajstić information content (AvgIpc) is 2.59. The van der Waals surface area contributed by atoms with Gasteiger partial charge in [0, 0.05) is 22.7 Å². The number of ether oxygens (including phenoxy) is 1. The van der Waals surface area contributed by atoms with Crippen LogP contribution in [0.1, 0.15) is 12.5 Å². The smallest absolute Gasteiger partial charge is 0.277 e. The summed E-state index contributed by atoms with van der Waals surface area (Å²) >= 11 is 11.7. The van der Waals surface area contributed by atoms with Crippen LogP contribution in [0.15, 0.2) is 47.6 Å². The highest BCUT2D eigenvalue weighted by atomic mass is 35.5. The van der Waals surface area contributed by atoms with E-state index in [0.717, 1.165) is 0 Å². The molecule has 0 bridgehead atoms. The molecule has 1 amide bonds. The lowest BCUT2D eigenvalue weighted by Gasteiger charge is -2.07. The van der Waals surface area contributed by atoms with Crippen molar-refractivity contribution in [1.82, 2.24) is 5.43 Å². The quantitative estimate of drug-likeness (QED) is 0.467. The number of benzene rings is 2. The predicted molar refractivity (Wildman–Crippen MR) is 95.4 cm³/mol. The van der Waals surface area contributed by atoms with Gasteiger partial charge in [0.1, 0.15) is 5.75 Å². The van der Waals surface area contributed by atoms with E-state index in [2.05, 4.69) is 10.5 Å². The fraction of sp³-hybridized carbons (Fsp3) is 0.125. The van der Waals surface area contributed by atoms with Gasteiger partial charge in [0.05, 0.1) is 15.7 Å². The van der Waals surface area contributed by atoms with E-state index >= 15 is 0 Å². The van der Waals surface area contributed by atoms with Gasteiger partial charge in [-0.2, -0.15) is 5.10 Å². The number of hydrogen-bond donors (Lipinski definition) is 1. The minimum Gasteiger partial charge on any atom is -0.482 e. The first kappa shape index (κ1) is 18.7. The van der Waals surface area contributed by atoms with Crippen LogP contribution in [0, 0.1) is 10.1 Å². The summed E-state index contributed by atoms with van der Waals surface area (Å²) in [5.41, 5.74) is 3.20. The highest BCUT2D eigenvalue weighted by Gasteiger charge is 2.09. The molecule has 0 aliphatic carbocycles. The lowest BCUT2D eigenvalue weighted by Crippen LogP contribution is -2.25. The Bertz CT molecular complexity index is 840. The number of nitro benzene ring substituents is 1. The maximum absolute atomic E-state index is 11.8. The number of amides is 1. The standard InChI is InChI=1S/C16H13Cl2N3O4/c1-10(11-3-2-4-13(7-11)21(23)24)19-20-16(22)9-25-15-6-5-12(17)8-14(15)18/h2-8H,9H2,1H3,(H,20,22). The van der Waals surface area contributed by atoms with Crippen molar-refractivity contribution in [3.63, 3.8) is 0 Å². The van der Waals surface area contributed by atoms with Crippen molar-refractivity contribution < 1.29 is 14.5 Å². The van der Waals surface area contributed by atoms with Crippen LogP contribution in [-0.4, -0.2) is 23.1 Å². The molecule has 0 unspecified atom stereocenters. The molecule has 2 rings (SSSR count). The SMILES string of the molecule is CC(=NNC(=O)COc1ccc(Cl)cc1Cl)c1cccc([N+](=O)[O-])c1. The molecule has 25 heavy (non-hydrogen) atoms. The molecule has 9 heteroatoms. The van der Waals surface area contributed by atoms with Crippen LogP contribution in [0.3, 0.4) is 0 Å². The fourth-order valence-electron chi connectivity index (χ4n) is 1.82. The number of non-ortho nitro benzene ring substituents is 1. The van der Waals surface area contributed by atoms with Crippen molar-refractivity contribution in [2.24, 2.45) is 5.10 Å². The van der Waals surface area contributed by atoms with Crippen LogP contribution in [0.5, 0.6) is 5.75 Å². The van der Waals surface area contributed by atoms with Gasteiger partial charge < -0.3 is 4.74 Å². The van der Waals surface area contributed by atoms with Crippen molar-refractivity contribution >= 4 is 40.5 Å². The molecule has 0 saturated carbocycles. The number of hydrazone groups is 1. The Labute approximate surface area is 153 Å². The van der Waals surface area contributed by atoms with Crippen LogP contribution in [0.25, 0.3) is 0 Å². The maximum Gasteiger partial charge on any atom is 0.277 e. The van der Waals surface area contributed by atoms with E-state index in [9.17, 15) is 14.9 Å². The maximum atomic E-state index is 11.8. The average molecular weight is 382 g/mol. The molecule has 0 aliphatic heterocycles. The van der Waals surface area contributed by atoms with Gasteiger partial charge in [-0.05, 0) is 25.1 Å². The number of rotatable bonds is 6.